The van der Waals surface area contributed by atoms with E-state index in [9.17, 15) is 25.0 Å². The van der Waals surface area contributed by atoms with Gasteiger partial charge in [-0.15, -0.1) is 0 Å². The Kier molecular flexibility index (Phi) is 7.50. The van der Waals surface area contributed by atoms with Crippen LogP contribution < -0.4 is 5.32 Å². The maximum atomic E-state index is 12.4. The van der Waals surface area contributed by atoms with Crippen LogP contribution in [0.1, 0.15) is 30.7 Å². The number of carbonyl (C=O) groups excluding carboxylic acids is 2. The van der Waals surface area contributed by atoms with Gasteiger partial charge < -0.3 is 5.32 Å². The van der Waals surface area contributed by atoms with E-state index in [1.165, 1.54) is 18.2 Å². The number of Topliss-reactive ketones (excluding diaryl/α,β-unsaturated/α-hetero) is 1. The number of benzene rings is 2. The molecule has 144 valence electrons. The summed E-state index contributed by atoms with van der Waals surface area (Å²) >= 11 is 12.1. The number of nitriles is 1. The Balaban J connectivity index is 1.95. The Morgan fingerprint density at radius 2 is 1.75 bits per heavy atom. The lowest BCUT2D eigenvalue weighted by Gasteiger charge is -2.12. The number of hydrogen-bond acceptors (Lipinski definition) is 5. The van der Waals surface area contributed by atoms with Crippen molar-refractivity contribution in [1.29, 1.82) is 5.26 Å². The lowest BCUT2D eigenvalue weighted by Crippen LogP contribution is -2.15. The maximum Gasteiger partial charge on any atom is 0.292 e. The molecule has 0 aromatic heterocycles. The van der Waals surface area contributed by atoms with Gasteiger partial charge in [-0.1, -0.05) is 41.4 Å². The number of rotatable bonds is 8. The van der Waals surface area contributed by atoms with E-state index in [-0.39, 0.29) is 46.2 Å². The second-order valence-corrected chi connectivity index (χ2v) is 6.65. The van der Waals surface area contributed by atoms with Gasteiger partial charge in [0.1, 0.15) is 11.6 Å². The number of amides is 1. The Bertz CT molecular complexity index is 936. The number of para-hydroxylation sites is 2. The van der Waals surface area contributed by atoms with Gasteiger partial charge in [0.25, 0.3) is 5.69 Å². The Morgan fingerprint density at radius 3 is 2.36 bits per heavy atom. The summed E-state index contributed by atoms with van der Waals surface area (Å²) in [6.07, 6.45) is 0.0990. The van der Waals surface area contributed by atoms with Crippen molar-refractivity contribution in [2.45, 2.75) is 25.2 Å². The van der Waals surface area contributed by atoms with Crippen LogP contribution >= 0.6 is 23.2 Å². The van der Waals surface area contributed by atoms with Crippen molar-refractivity contribution in [3.63, 3.8) is 0 Å². The van der Waals surface area contributed by atoms with Crippen LogP contribution in [0.15, 0.2) is 42.5 Å². The highest BCUT2D eigenvalue weighted by Crippen LogP contribution is 2.32. The summed E-state index contributed by atoms with van der Waals surface area (Å²) in [6.45, 7) is 0. The SMILES string of the molecule is N#CC(C(=O)CCCC(=O)Nc1ccccc1[N+](=O)[O-])c1c(Cl)cccc1Cl. The number of nitrogens with zero attached hydrogens (tertiary/aromatic N) is 2. The highest BCUT2D eigenvalue weighted by Gasteiger charge is 2.25. The maximum absolute atomic E-state index is 12.4. The third kappa shape index (κ3) is 5.28. The Hall–Kier alpha value is -2.95. The number of nitrogens with one attached hydrogen (secondary N) is 1. The van der Waals surface area contributed by atoms with E-state index in [0.29, 0.717) is 0 Å². The average molecular weight is 420 g/mol. The van der Waals surface area contributed by atoms with Crippen LogP contribution in [0.25, 0.3) is 0 Å². The number of nitro groups is 1. The molecule has 1 N–H and O–H groups in total. The Morgan fingerprint density at radius 1 is 1.11 bits per heavy atom. The summed E-state index contributed by atoms with van der Waals surface area (Å²) in [5.41, 5.74) is 0.120. The van der Waals surface area contributed by atoms with Crippen LogP contribution in [-0.2, 0) is 9.59 Å². The molecule has 0 saturated carbocycles. The first-order valence-corrected chi connectivity index (χ1v) is 9.00. The molecule has 1 unspecified atom stereocenters. The van der Waals surface area contributed by atoms with Gasteiger partial charge in [-0.05, 0) is 24.6 Å². The van der Waals surface area contributed by atoms with Crippen LogP contribution in [0.3, 0.4) is 0 Å². The number of nitro benzene ring substituents is 1. The molecule has 7 nitrogen and oxygen atoms in total. The van der Waals surface area contributed by atoms with Gasteiger partial charge in [0, 0.05) is 34.5 Å². The smallest absolute Gasteiger partial charge is 0.292 e. The highest BCUT2D eigenvalue weighted by atomic mass is 35.5. The standard InChI is InChI=1S/C19H15Cl2N3O4/c20-13-5-3-6-14(21)19(13)12(11-22)17(25)9-4-10-18(26)23-15-7-1-2-8-16(15)24(27)28/h1-3,5-8,12H,4,9-10H2,(H,23,26). The van der Waals surface area contributed by atoms with Crippen molar-refractivity contribution in [3.05, 3.63) is 68.2 Å². The van der Waals surface area contributed by atoms with E-state index in [2.05, 4.69) is 5.32 Å². The predicted molar refractivity (Wildman–Crippen MR) is 105 cm³/mol. The molecule has 9 heteroatoms. The van der Waals surface area contributed by atoms with Crippen LogP contribution in [0.2, 0.25) is 10.0 Å². The second-order valence-electron chi connectivity index (χ2n) is 5.84. The fourth-order valence-corrected chi connectivity index (χ4v) is 3.22. The molecule has 0 aliphatic rings. The normalized spacial score (nSPS) is 11.3. The monoisotopic (exact) mass is 419 g/mol. The number of anilines is 1. The second kappa shape index (κ2) is 9.83. The van der Waals surface area contributed by atoms with Crippen molar-refractivity contribution < 1.29 is 14.5 Å². The summed E-state index contributed by atoms with van der Waals surface area (Å²) in [5.74, 6) is -2.00. The first kappa shape index (κ1) is 21.4. The molecule has 0 saturated heterocycles. The number of ketones is 1. The van der Waals surface area contributed by atoms with Gasteiger partial charge in [-0.25, -0.2) is 0 Å². The molecule has 1 atom stereocenters. The quantitative estimate of drug-likeness (QED) is 0.483. The van der Waals surface area contributed by atoms with Gasteiger partial charge >= 0.3 is 0 Å². The summed E-state index contributed by atoms with van der Waals surface area (Å²) < 4.78 is 0. The molecule has 2 rings (SSSR count). The van der Waals surface area contributed by atoms with Crippen molar-refractivity contribution in [3.8, 4) is 6.07 Å². The average Bonchev–Trinajstić information content (AvgIpc) is 2.65. The third-order valence-electron chi connectivity index (χ3n) is 3.94. The molecule has 1 amide bonds. The molecule has 0 aliphatic heterocycles. The topological polar surface area (TPSA) is 113 Å². The largest absolute Gasteiger partial charge is 0.320 e. The molecule has 28 heavy (non-hydrogen) atoms. The van der Waals surface area contributed by atoms with E-state index in [1.807, 2.05) is 6.07 Å². The minimum atomic E-state index is -1.13. The van der Waals surface area contributed by atoms with E-state index in [1.54, 1.807) is 24.3 Å². The fourth-order valence-electron chi connectivity index (χ4n) is 2.60. The predicted octanol–water partition coefficient (Wildman–Crippen LogP) is 4.89. The van der Waals surface area contributed by atoms with Gasteiger partial charge in [0.2, 0.25) is 5.91 Å². The summed E-state index contributed by atoms with van der Waals surface area (Å²) in [5, 5.41) is 23.2. The lowest BCUT2D eigenvalue weighted by molar-refractivity contribution is -0.383. The van der Waals surface area contributed by atoms with Gasteiger partial charge in [-0.2, -0.15) is 5.26 Å². The Labute approximate surface area is 171 Å². The molecular formula is C19H15Cl2N3O4. The van der Waals surface area contributed by atoms with Crippen LogP contribution in [0, 0.1) is 21.4 Å². The van der Waals surface area contributed by atoms with Gasteiger partial charge in [-0.3, -0.25) is 19.7 Å². The molecule has 0 bridgehead atoms. The number of halogens is 2. The lowest BCUT2D eigenvalue weighted by atomic mass is 9.93. The molecule has 0 spiro atoms. The van der Waals surface area contributed by atoms with E-state index in [4.69, 9.17) is 23.2 Å². The molecule has 2 aromatic carbocycles. The highest BCUT2D eigenvalue weighted by molar-refractivity contribution is 6.36. The van der Waals surface area contributed by atoms with Gasteiger partial charge in [0.15, 0.2) is 5.78 Å². The molecule has 0 heterocycles. The molecular weight excluding hydrogens is 405 g/mol. The molecule has 2 aromatic rings. The molecule has 0 fully saturated rings. The zero-order chi connectivity index (χ0) is 20.7. The minimum absolute atomic E-state index is 0.0355. The van der Waals surface area contributed by atoms with Crippen molar-refractivity contribution in [2.24, 2.45) is 0 Å². The van der Waals surface area contributed by atoms with Crippen molar-refractivity contribution >= 4 is 46.3 Å². The van der Waals surface area contributed by atoms with E-state index < -0.39 is 22.5 Å². The first-order valence-electron chi connectivity index (χ1n) is 8.24. The van der Waals surface area contributed by atoms with E-state index in [0.717, 1.165) is 0 Å². The van der Waals surface area contributed by atoms with Crippen molar-refractivity contribution in [2.75, 3.05) is 5.32 Å². The zero-order valence-corrected chi connectivity index (χ0v) is 16.0. The summed E-state index contributed by atoms with van der Waals surface area (Å²) in [4.78, 5) is 34.8. The van der Waals surface area contributed by atoms with Crippen LogP contribution in [0.5, 0.6) is 0 Å². The number of hydrogen-bond donors (Lipinski definition) is 1. The molecule has 0 aliphatic carbocycles. The fraction of sp³-hybridized carbons (Fsp3) is 0.211. The van der Waals surface area contributed by atoms with Crippen molar-refractivity contribution in [1.82, 2.24) is 0 Å². The van der Waals surface area contributed by atoms with E-state index >= 15 is 0 Å². The number of carbonyl (C=O) groups is 2. The third-order valence-corrected chi connectivity index (χ3v) is 4.60. The summed E-state index contributed by atoms with van der Waals surface area (Å²) in [7, 11) is 0. The van der Waals surface area contributed by atoms with Crippen LogP contribution in [0.4, 0.5) is 11.4 Å². The van der Waals surface area contributed by atoms with Gasteiger partial charge in [0.05, 0.1) is 11.0 Å². The zero-order valence-electron chi connectivity index (χ0n) is 14.5. The van der Waals surface area contributed by atoms with Crippen LogP contribution in [-0.4, -0.2) is 16.6 Å². The minimum Gasteiger partial charge on any atom is -0.320 e. The molecule has 0 radical (unpaired) electrons. The summed E-state index contributed by atoms with van der Waals surface area (Å²) in [6, 6.07) is 12.4. The first-order chi connectivity index (χ1) is 13.3.